The van der Waals surface area contributed by atoms with Gasteiger partial charge in [0.1, 0.15) is 0 Å². The molecule has 7 nitrogen and oxygen atoms in total. The maximum atomic E-state index is 12.2. The van der Waals surface area contributed by atoms with Gasteiger partial charge in [-0.3, -0.25) is 10.1 Å². The van der Waals surface area contributed by atoms with Crippen molar-refractivity contribution in [1.29, 1.82) is 0 Å². The third-order valence-electron chi connectivity index (χ3n) is 3.93. The van der Waals surface area contributed by atoms with Crippen LogP contribution >= 0.6 is 11.8 Å². The quantitative estimate of drug-likeness (QED) is 0.562. The van der Waals surface area contributed by atoms with E-state index < -0.39 is 15.7 Å². The van der Waals surface area contributed by atoms with E-state index in [0.717, 1.165) is 10.5 Å². The lowest BCUT2D eigenvalue weighted by molar-refractivity contribution is -0.116. The molecule has 0 aliphatic carbocycles. The van der Waals surface area contributed by atoms with Crippen LogP contribution in [0.4, 0.5) is 6.01 Å². The number of nitrogens with one attached hydrogen (secondary N) is 1. The number of nitrogens with zero attached hydrogens (tertiary/aromatic N) is 2. The molecule has 0 saturated carbocycles. The molecule has 2 aromatic carbocycles. The van der Waals surface area contributed by atoms with Crippen molar-refractivity contribution in [2.24, 2.45) is 0 Å². The van der Waals surface area contributed by atoms with Crippen LogP contribution in [0.2, 0.25) is 0 Å². The summed E-state index contributed by atoms with van der Waals surface area (Å²) < 4.78 is 29.8. The molecule has 3 rings (SSSR count). The van der Waals surface area contributed by atoms with E-state index in [1.54, 1.807) is 30.0 Å². The number of rotatable bonds is 8. The molecule has 0 atom stereocenters. The van der Waals surface area contributed by atoms with Crippen molar-refractivity contribution in [3.63, 3.8) is 0 Å². The number of sulfone groups is 1. The van der Waals surface area contributed by atoms with E-state index in [4.69, 9.17) is 4.42 Å². The van der Waals surface area contributed by atoms with Crippen LogP contribution in [-0.4, -0.2) is 36.5 Å². The van der Waals surface area contributed by atoms with E-state index in [0.29, 0.717) is 12.3 Å². The predicted molar refractivity (Wildman–Crippen MR) is 107 cm³/mol. The third kappa shape index (κ3) is 5.43. The summed E-state index contributed by atoms with van der Waals surface area (Å²) in [4.78, 5) is 13.4. The Kier molecular flexibility index (Phi) is 6.48. The van der Waals surface area contributed by atoms with E-state index in [1.165, 1.54) is 12.1 Å². The van der Waals surface area contributed by atoms with E-state index in [2.05, 4.69) is 15.5 Å². The number of carbonyl (C=O) groups excluding carboxylic acids is 1. The Morgan fingerprint density at radius 3 is 2.46 bits per heavy atom. The summed E-state index contributed by atoms with van der Waals surface area (Å²) in [6.45, 7) is 0. The van der Waals surface area contributed by atoms with Crippen LogP contribution in [0, 0.1) is 0 Å². The molecule has 0 unspecified atom stereocenters. The van der Waals surface area contributed by atoms with Crippen LogP contribution in [0.5, 0.6) is 0 Å². The van der Waals surface area contributed by atoms with Gasteiger partial charge in [0.2, 0.25) is 11.8 Å². The van der Waals surface area contributed by atoms with Crippen molar-refractivity contribution < 1.29 is 17.6 Å². The van der Waals surface area contributed by atoms with Gasteiger partial charge in [0.25, 0.3) is 0 Å². The fraction of sp³-hybridized carbons (Fsp3) is 0.211. The minimum Gasteiger partial charge on any atom is -0.407 e. The minimum absolute atomic E-state index is 0.0437. The van der Waals surface area contributed by atoms with Gasteiger partial charge in [0, 0.05) is 11.3 Å². The Labute approximate surface area is 167 Å². The van der Waals surface area contributed by atoms with Crippen LogP contribution in [0.3, 0.4) is 0 Å². The first kappa shape index (κ1) is 20.1. The molecule has 0 saturated heterocycles. The van der Waals surface area contributed by atoms with Gasteiger partial charge >= 0.3 is 6.01 Å². The van der Waals surface area contributed by atoms with Crippen LogP contribution in [0.1, 0.15) is 17.9 Å². The second-order valence-corrected chi connectivity index (χ2v) is 8.94. The first-order valence-corrected chi connectivity index (χ1v) is 11.4. The fourth-order valence-electron chi connectivity index (χ4n) is 2.45. The van der Waals surface area contributed by atoms with E-state index in [-0.39, 0.29) is 23.1 Å². The zero-order valence-electron chi connectivity index (χ0n) is 15.2. The van der Waals surface area contributed by atoms with Crippen molar-refractivity contribution in [2.45, 2.75) is 22.6 Å². The summed E-state index contributed by atoms with van der Waals surface area (Å²) >= 11 is 1.66. The molecule has 0 aliphatic heterocycles. The molecular weight excluding hydrogens is 398 g/mol. The molecule has 9 heteroatoms. The lowest BCUT2D eigenvalue weighted by atomic mass is 10.1. The number of hydrogen-bond donors (Lipinski definition) is 1. The lowest BCUT2D eigenvalue weighted by Gasteiger charge is -2.04. The summed E-state index contributed by atoms with van der Waals surface area (Å²) in [5, 5.41) is 10.1. The Morgan fingerprint density at radius 2 is 1.79 bits per heavy atom. The summed E-state index contributed by atoms with van der Waals surface area (Å²) in [6, 6.07) is 15.9. The number of hydrogen-bond acceptors (Lipinski definition) is 7. The van der Waals surface area contributed by atoms with Crippen molar-refractivity contribution in [3.05, 3.63) is 66.1 Å². The first-order chi connectivity index (χ1) is 13.5. The fourth-order valence-corrected chi connectivity index (χ4v) is 4.12. The SMILES string of the molecule is CSc1ccc(Cc2nnc(NC(=O)CCS(=O)(=O)c3ccccc3)o2)cc1. The highest BCUT2D eigenvalue weighted by Crippen LogP contribution is 2.17. The maximum absolute atomic E-state index is 12.2. The predicted octanol–water partition coefficient (Wildman–Crippen LogP) is 3.18. The third-order valence-corrected chi connectivity index (χ3v) is 6.40. The molecule has 1 N–H and O–H groups in total. The molecule has 1 aromatic heterocycles. The molecule has 28 heavy (non-hydrogen) atoms. The Bertz CT molecular complexity index is 1030. The van der Waals surface area contributed by atoms with E-state index in [9.17, 15) is 13.2 Å². The van der Waals surface area contributed by atoms with Gasteiger partial charge in [0.05, 0.1) is 17.1 Å². The summed E-state index contributed by atoms with van der Waals surface area (Å²) in [5.74, 6) is -0.436. The highest BCUT2D eigenvalue weighted by molar-refractivity contribution is 7.98. The van der Waals surface area contributed by atoms with Gasteiger partial charge in [-0.1, -0.05) is 35.4 Å². The zero-order valence-corrected chi connectivity index (χ0v) is 16.8. The highest BCUT2D eigenvalue weighted by atomic mass is 32.2. The number of benzene rings is 2. The largest absolute Gasteiger partial charge is 0.407 e. The molecule has 0 bridgehead atoms. The summed E-state index contributed by atoms with van der Waals surface area (Å²) in [5.41, 5.74) is 1.01. The monoisotopic (exact) mass is 417 g/mol. The molecule has 0 fully saturated rings. The van der Waals surface area contributed by atoms with Gasteiger partial charge in [-0.25, -0.2) is 8.42 Å². The number of thioether (sulfide) groups is 1. The second-order valence-electron chi connectivity index (χ2n) is 5.96. The standard InChI is InChI=1S/C19H19N3O4S2/c1-27-15-9-7-14(8-10-15)13-18-21-22-19(26-18)20-17(23)11-12-28(24,25)16-5-3-2-4-6-16/h2-10H,11-13H2,1H3,(H,20,22,23). The van der Waals surface area contributed by atoms with E-state index in [1.807, 2.05) is 30.5 Å². The van der Waals surface area contributed by atoms with Gasteiger partial charge in [-0.15, -0.1) is 16.9 Å². The van der Waals surface area contributed by atoms with Gasteiger partial charge in [0.15, 0.2) is 9.84 Å². The normalized spacial score (nSPS) is 11.3. The smallest absolute Gasteiger partial charge is 0.322 e. The molecule has 0 radical (unpaired) electrons. The summed E-state index contributed by atoms with van der Waals surface area (Å²) in [7, 11) is -3.52. The number of aromatic nitrogens is 2. The molecule has 3 aromatic rings. The highest BCUT2D eigenvalue weighted by Gasteiger charge is 2.17. The Balaban J connectivity index is 1.53. The molecule has 1 amide bonds. The molecular formula is C19H19N3O4S2. The van der Waals surface area contributed by atoms with Crippen molar-refractivity contribution in [3.8, 4) is 0 Å². The molecule has 0 spiro atoms. The molecule has 0 aliphatic rings. The Morgan fingerprint density at radius 1 is 1.07 bits per heavy atom. The first-order valence-electron chi connectivity index (χ1n) is 8.49. The van der Waals surface area contributed by atoms with Gasteiger partial charge in [-0.2, -0.15) is 0 Å². The molecule has 1 heterocycles. The lowest BCUT2D eigenvalue weighted by Crippen LogP contribution is -2.17. The average molecular weight is 418 g/mol. The Hall–Kier alpha value is -2.65. The molecule has 146 valence electrons. The second kappa shape index (κ2) is 9.03. The maximum Gasteiger partial charge on any atom is 0.322 e. The van der Waals surface area contributed by atoms with Crippen molar-refractivity contribution in [1.82, 2.24) is 10.2 Å². The van der Waals surface area contributed by atoms with Crippen molar-refractivity contribution in [2.75, 3.05) is 17.3 Å². The van der Waals surface area contributed by atoms with Crippen LogP contribution < -0.4 is 5.32 Å². The van der Waals surface area contributed by atoms with Crippen LogP contribution in [-0.2, 0) is 21.1 Å². The number of anilines is 1. The van der Waals surface area contributed by atoms with Gasteiger partial charge in [-0.05, 0) is 36.1 Å². The summed E-state index contributed by atoms with van der Waals surface area (Å²) in [6.07, 6.45) is 2.25. The van der Waals surface area contributed by atoms with E-state index >= 15 is 0 Å². The number of amides is 1. The zero-order chi connectivity index (χ0) is 20.0. The van der Waals surface area contributed by atoms with Crippen LogP contribution in [0.15, 0.2) is 68.8 Å². The topological polar surface area (TPSA) is 102 Å². The average Bonchev–Trinajstić information content (AvgIpc) is 3.14. The number of carbonyl (C=O) groups is 1. The minimum atomic E-state index is -3.52. The van der Waals surface area contributed by atoms with Gasteiger partial charge < -0.3 is 4.42 Å². The van der Waals surface area contributed by atoms with Crippen molar-refractivity contribution >= 4 is 33.5 Å². The van der Waals surface area contributed by atoms with Crippen LogP contribution in [0.25, 0.3) is 0 Å².